The second-order valence-electron chi connectivity index (χ2n) is 3.94. The van der Waals surface area contributed by atoms with Crippen molar-refractivity contribution >= 4 is 15.6 Å². The third-order valence-corrected chi connectivity index (χ3v) is 4.32. The van der Waals surface area contributed by atoms with Crippen molar-refractivity contribution in [2.45, 2.75) is 26.7 Å². The lowest BCUT2D eigenvalue weighted by Gasteiger charge is -2.11. The highest BCUT2D eigenvalue weighted by Gasteiger charge is 2.31. The Morgan fingerprint density at radius 1 is 1.15 bits per heavy atom. The fourth-order valence-electron chi connectivity index (χ4n) is 1.12. The highest BCUT2D eigenvalue weighted by Crippen LogP contribution is 2.57. The first-order valence-electron chi connectivity index (χ1n) is 5.66. The molecule has 0 heterocycles. The number of methoxy groups -OCH3 is 1. The van der Waals surface area contributed by atoms with Gasteiger partial charge in [-0.1, -0.05) is 11.6 Å². The van der Waals surface area contributed by atoms with E-state index in [1.54, 1.807) is 14.0 Å². The molecule has 0 aliphatic carbocycles. The SMILES string of the molecule is CO/C(C)=C/CC/C(C)=C/COP(=O)(O)OP(=O)(O)O. The minimum atomic E-state index is -5.06. The molecule has 0 aromatic rings. The van der Waals surface area contributed by atoms with Crippen molar-refractivity contribution in [2.75, 3.05) is 13.7 Å². The van der Waals surface area contributed by atoms with Gasteiger partial charge in [0, 0.05) is 0 Å². The summed E-state index contributed by atoms with van der Waals surface area (Å²) in [5.74, 6) is 0.795. The van der Waals surface area contributed by atoms with Crippen LogP contribution in [0.1, 0.15) is 26.7 Å². The van der Waals surface area contributed by atoms with E-state index in [9.17, 15) is 9.13 Å². The topological polar surface area (TPSA) is 123 Å². The molecule has 118 valence electrons. The van der Waals surface area contributed by atoms with Crippen LogP contribution in [0.2, 0.25) is 0 Å². The van der Waals surface area contributed by atoms with Crippen LogP contribution < -0.4 is 0 Å². The van der Waals surface area contributed by atoms with Gasteiger partial charge in [-0.3, -0.25) is 4.52 Å². The van der Waals surface area contributed by atoms with E-state index in [2.05, 4.69) is 8.83 Å². The first kappa shape index (κ1) is 19.5. The van der Waals surface area contributed by atoms with Crippen molar-refractivity contribution < 1.29 is 37.4 Å². The number of allylic oxidation sites excluding steroid dienone is 3. The highest BCUT2D eigenvalue weighted by molar-refractivity contribution is 7.60. The second kappa shape index (κ2) is 8.74. The van der Waals surface area contributed by atoms with Crippen molar-refractivity contribution in [3.8, 4) is 0 Å². The minimum absolute atomic E-state index is 0.285. The summed E-state index contributed by atoms with van der Waals surface area (Å²) in [4.78, 5) is 25.8. The third-order valence-electron chi connectivity index (χ3n) is 2.17. The average Bonchev–Trinajstić information content (AvgIpc) is 2.25. The Kier molecular flexibility index (Phi) is 8.54. The molecular weight excluding hydrogens is 310 g/mol. The molecule has 0 saturated carbocycles. The van der Waals surface area contributed by atoms with Crippen molar-refractivity contribution in [3.05, 3.63) is 23.5 Å². The monoisotopic (exact) mass is 330 g/mol. The molecule has 1 atom stereocenters. The van der Waals surface area contributed by atoms with Crippen molar-refractivity contribution in [2.24, 2.45) is 0 Å². The van der Waals surface area contributed by atoms with Gasteiger partial charge in [-0.2, -0.15) is 4.31 Å². The van der Waals surface area contributed by atoms with E-state index in [1.165, 1.54) is 6.08 Å². The van der Waals surface area contributed by atoms with Crippen LogP contribution in [-0.4, -0.2) is 28.4 Å². The van der Waals surface area contributed by atoms with Gasteiger partial charge in [0.1, 0.15) is 0 Å². The molecule has 0 aliphatic rings. The summed E-state index contributed by atoms with van der Waals surface area (Å²) in [6, 6.07) is 0. The molecule has 0 aliphatic heterocycles. The van der Waals surface area contributed by atoms with Gasteiger partial charge in [-0.15, -0.1) is 0 Å². The van der Waals surface area contributed by atoms with Crippen molar-refractivity contribution in [3.63, 3.8) is 0 Å². The number of phosphoric acid groups is 2. The normalized spacial score (nSPS) is 16.9. The van der Waals surface area contributed by atoms with E-state index in [1.807, 2.05) is 13.0 Å². The summed E-state index contributed by atoms with van der Waals surface area (Å²) in [7, 11) is -8.25. The predicted octanol–water partition coefficient (Wildman–Crippen LogP) is 2.49. The van der Waals surface area contributed by atoms with Crippen molar-refractivity contribution in [1.29, 1.82) is 0 Å². The van der Waals surface area contributed by atoms with E-state index in [4.69, 9.17) is 19.4 Å². The van der Waals surface area contributed by atoms with Crippen molar-refractivity contribution in [1.82, 2.24) is 0 Å². The van der Waals surface area contributed by atoms with Gasteiger partial charge >= 0.3 is 15.6 Å². The standard InChI is InChI=1S/C10H20O8P2/c1-9(5-4-6-10(2)16-3)7-8-17-20(14,15)18-19(11,12)13/h6-7H,4-5,8H2,1-3H3,(H,14,15)(H2,11,12,13)/b9-7+,10-6+. The van der Waals surface area contributed by atoms with E-state index in [-0.39, 0.29) is 6.61 Å². The third kappa shape index (κ3) is 11.4. The zero-order valence-corrected chi connectivity index (χ0v) is 13.3. The largest absolute Gasteiger partial charge is 0.502 e. The molecule has 1 unspecified atom stereocenters. The Labute approximate surface area is 117 Å². The molecule has 0 amide bonds. The van der Waals surface area contributed by atoms with Gasteiger partial charge in [0.2, 0.25) is 0 Å². The maximum Gasteiger partial charge on any atom is 0.481 e. The van der Waals surface area contributed by atoms with Crippen LogP contribution >= 0.6 is 15.6 Å². The molecule has 0 spiro atoms. The Morgan fingerprint density at radius 2 is 1.75 bits per heavy atom. The van der Waals surface area contributed by atoms with E-state index in [0.717, 1.165) is 17.8 Å². The maximum absolute atomic E-state index is 11.1. The molecule has 0 radical (unpaired) electrons. The van der Waals surface area contributed by atoms with Gasteiger partial charge in [0.05, 0.1) is 19.5 Å². The Morgan fingerprint density at radius 3 is 2.25 bits per heavy atom. The van der Waals surface area contributed by atoms with Gasteiger partial charge in [-0.05, 0) is 32.8 Å². The highest BCUT2D eigenvalue weighted by atomic mass is 31.3. The molecule has 3 N–H and O–H groups in total. The fraction of sp³-hybridized carbons (Fsp3) is 0.600. The quantitative estimate of drug-likeness (QED) is 0.335. The van der Waals surface area contributed by atoms with Crippen LogP contribution in [0, 0.1) is 0 Å². The smallest absolute Gasteiger partial charge is 0.481 e. The summed E-state index contributed by atoms with van der Waals surface area (Å²) in [5.41, 5.74) is 0.890. The molecule has 0 saturated heterocycles. The molecule has 0 bridgehead atoms. The van der Waals surface area contributed by atoms with E-state index < -0.39 is 15.6 Å². The van der Waals surface area contributed by atoms with E-state index >= 15 is 0 Å². The molecular formula is C10H20O8P2. The number of hydrogen-bond acceptors (Lipinski definition) is 5. The summed E-state index contributed by atoms with van der Waals surface area (Å²) in [6.07, 6.45) is 4.85. The van der Waals surface area contributed by atoms with Crippen LogP contribution in [0.5, 0.6) is 0 Å². The molecule has 8 nitrogen and oxygen atoms in total. The van der Waals surface area contributed by atoms with Gasteiger partial charge < -0.3 is 19.4 Å². The minimum Gasteiger partial charge on any atom is -0.502 e. The summed E-state index contributed by atoms with van der Waals surface area (Å²) in [5, 5.41) is 0. The summed E-state index contributed by atoms with van der Waals surface area (Å²) >= 11 is 0. The first-order chi connectivity index (χ1) is 9.06. The van der Waals surface area contributed by atoms with Crippen LogP contribution in [0.3, 0.4) is 0 Å². The van der Waals surface area contributed by atoms with E-state index in [0.29, 0.717) is 6.42 Å². The average molecular weight is 330 g/mol. The Hall–Kier alpha value is -0.460. The van der Waals surface area contributed by atoms with Crippen LogP contribution in [-0.2, 0) is 22.7 Å². The molecule has 0 rings (SSSR count). The Bertz CT molecular complexity index is 450. The molecule has 0 fully saturated rings. The lowest BCUT2D eigenvalue weighted by Crippen LogP contribution is -1.94. The first-order valence-corrected chi connectivity index (χ1v) is 8.69. The molecule has 0 aromatic carbocycles. The number of rotatable bonds is 9. The maximum atomic E-state index is 11.1. The zero-order chi connectivity index (χ0) is 15.8. The summed E-state index contributed by atoms with van der Waals surface area (Å²) < 4.78 is 34.5. The number of phosphoric ester groups is 1. The Balaban J connectivity index is 4.17. The zero-order valence-electron chi connectivity index (χ0n) is 11.6. The predicted molar refractivity (Wildman–Crippen MR) is 72.7 cm³/mol. The molecule has 20 heavy (non-hydrogen) atoms. The lowest BCUT2D eigenvalue weighted by atomic mass is 10.1. The molecule has 0 aromatic heterocycles. The lowest BCUT2D eigenvalue weighted by molar-refractivity contribution is 0.191. The number of ether oxygens (including phenoxy) is 1. The van der Waals surface area contributed by atoms with Gasteiger partial charge in [-0.25, -0.2) is 9.13 Å². The second-order valence-corrected chi connectivity index (χ2v) is 6.77. The van der Waals surface area contributed by atoms with Crippen LogP contribution in [0.15, 0.2) is 23.5 Å². The summed E-state index contributed by atoms with van der Waals surface area (Å²) in [6.45, 7) is 3.33. The molecule has 10 heteroatoms. The fourth-order valence-corrected chi connectivity index (χ4v) is 2.65. The van der Waals surface area contributed by atoms with Crippen LogP contribution in [0.25, 0.3) is 0 Å². The number of hydrogen-bond donors (Lipinski definition) is 3. The van der Waals surface area contributed by atoms with Gasteiger partial charge in [0.25, 0.3) is 0 Å². The van der Waals surface area contributed by atoms with Gasteiger partial charge in [0.15, 0.2) is 0 Å². The van der Waals surface area contributed by atoms with Crippen LogP contribution in [0.4, 0.5) is 0 Å².